The molecule has 3 aromatic carbocycles. The molecular formula is C34H40N4O4. The molecule has 42 heavy (non-hydrogen) atoms. The maximum absolute atomic E-state index is 13.6. The van der Waals surface area contributed by atoms with Gasteiger partial charge in [0.25, 0.3) is 11.7 Å². The fraction of sp³-hybridized carbons (Fsp3) is 0.382. The molecule has 5 rings (SSSR count). The van der Waals surface area contributed by atoms with Crippen LogP contribution >= 0.6 is 0 Å². The molecule has 2 heterocycles. The van der Waals surface area contributed by atoms with Crippen molar-refractivity contribution < 1.29 is 19.1 Å². The van der Waals surface area contributed by atoms with Gasteiger partial charge < -0.3 is 14.8 Å². The molecule has 1 aromatic heterocycles. The first-order valence-corrected chi connectivity index (χ1v) is 14.5. The van der Waals surface area contributed by atoms with Crippen LogP contribution in [-0.4, -0.2) is 64.8 Å². The average molecular weight is 569 g/mol. The minimum atomic E-state index is -0.724. The largest absolute Gasteiger partial charge is 0.492 e. The summed E-state index contributed by atoms with van der Waals surface area (Å²) in [5.74, 6) is -0.219. The molecule has 1 aliphatic heterocycles. The maximum Gasteiger partial charge on any atom is 0.297 e. The summed E-state index contributed by atoms with van der Waals surface area (Å²) in [6.07, 6.45) is 0.392. The molecular weight excluding hydrogens is 528 g/mol. The van der Waals surface area contributed by atoms with Gasteiger partial charge in [0.05, 0.1) is 23.6 Å². The number of nitrogens with one attached hydrogen (secondary N) is 1. The van der Waals surface area contributed by atoms with Gasteiger partial charge in [0.15, 0.2) is 0 Å². The van der Waals surface area contributed by atoms with Gasteiger partial charge in [0.2, 0.25) is 0 Å². The number of hydrogen-bond donors (Lipinski definition) is 1. The van der Waals surface area contributed by atoms with E-state index >= 15 is 0 Å². The van der Waals surface area contributed by atoms with Crippen LogP contribution in [0.1, 0.15) is 56.2 Å². The van der Waals surface area contributed by atoms with Crippen molar-refractivity contribution in [1.82, 2.24) is 14.7 Å². The predicted molar refractivity (Wildman–Crippen MR) is 166 cm³/mol. The second-order valence-corrected chi connectivity index (χ2v) is 12.2. The third-order valence-corrected chi connectivity index (χ3v) is 7.49. The van der Waals surface area contributed by atoms with E-state index in [1.54, 1.807) is 16.8 Å². The number of aryl methyl sites for hydroxylation is 1. The predicted octanol–water partition coefficient (Wildman–Crippen LogP) is 5.94. The Labute approximate surface area is 247 Å². The molecule has 2 unspecified atom stereocenters. The number of morpholine rings is 1. The zero-order chi connectivity index (χ0) is 30.0. The van der Waals surface area contributed by atoms with Gasteiger partial charge in [-0.25, -0.2) is 4.68 Å². The highest BCUT2D eigenvalue weighted by Crippen LogP contribution is 2.30. The third-order valence-electron chi connectivity index (χ3n) is 7.49. The highest BCUT2D eigenvalue weighted by Gasteiger charge is 2.26. The monoisotopic (exact) mass is 568 g/mol. The molecule has 1 aliphatic rings. The van der Waals surface area contributed by atoms with Crippen LogP contribution in [0.3, 0.4) is 0 Å². The molecule has 1 N–H and O–H groups in total. The number of ketones is 1. The number of hydrogen-bond acceptors (Lipinski definition) is 6. The number of fused-ring (bicyclic) bond motifs is 1. The Hall–Kier alpha value is -4.01. The van der Waals surface area contributed by atoms with E-state index in [2.05, 4.69) is 44.8 Å². The van der Waals surface area contributed by atoms with E-state index in [0.717, 1.165) is 42.0 Å². The van der Waals surface area contributed by atoms with Crippen molar-refractivity contribution in [1.29, 1.82) is 0 Å². The summed E-state index contributed by atoms with van der Waals surface area (Å²) in [6.45, 7) is 15.4. The Morgan fingerprint density at radius 1 is 0.976 bits per heavy atom. The molecule has 0 saturated carbocycles. The Bertz CT molecular complexity index is 1580. The zero-order valence-electron chi connectivity index (χ0n) is 25.3. The molecule has 8 heteroatoms. The van der Waals surface area contributed by atoms with E-state index in [-0.39, 0.29) is 17.6 Å². The highest BCUT2D eigenvalue weighted by atomic mass is 16.5. The number of benzene rings is 3. The molecule has 1 amide bonds. The first kappa shape index (κ1) is 29.5. The zero-order valence-corrected chi connectivity index (χ0v) is 25.3. The SMILES string of the molecule is Cc1ccc(-n2nc(C(C)(C)C)cc2NC(=O)C(=O)c2ccc(OCCN3CC(C)OC(C)C3)c3ccccc23)cc1. The minimum Gasteiger partial charge on any atom is -0.492 e. The van der Waals surface area contributed by atoms with Crippen molar-refractivity contribution in [3.8, 4) is 11.4 Å². The summed E-state index contributed by atoms with van der Waals surface area (Å²) in [5.41, 5.74) is 2.80. The molecule has 8 nitrogen and oxygen atoms in total. The van der Waals surface area contributed by atoms with Crippen LogP contribution in [0.15, 0.2) is 66.7 Å². The van der Waals surface area contributed by atoms with Gasteiger partial charge in [0, 0.05) is 42.1 Å². The number of nitrogens with zero attached hydrogens (tertiary/aromatic N) is 3. The van der Waals surface area contributed by atoms with Crippen molar-refractivity contribution >= 4 is 28.3 Å². The number of aromatic nitrogens is 2. The lowest BCUT2D eigenvalue weighted by Gasteiger charge is -2.35. The lowest BCUT2D eigenvalue weighted by atomic mass is 9.92. The first-order valence-electron chi connectivity index (χ1n) is 14.5. The highest BCUT2D eigenvalue weighted by molar-refractivity contribution is 6.48. The van der Waals surface area contributed by atoms with Crippen LogP contribution in [0.2, 0.25) is 0 Å². The summed E-state index contributed by atoms with van der Waals surface area (Å²) in [7, 11) is 0. The molecule has 0 bridgehead atoms. The number of rotatable bonds is 8. The fourth-order valence-corrected chi connectivity index (χ4v) is 5.36. The van der Waals surface area contributed by atoms with Crippen LogP contribution in [0.5, 0.6) is 5.75 Å². The van der Waals surface area contributed by atoms with E-state index in [4.69, 9.17) is 14.6 Å². The maximum atomic E-state index is 13.6. The van der Waals surface area contributed by atoms with Crippen LogP contribution in [0.4, 0.5) is 5.82 Å². The third kappa shape index (κ3) is 6.55. The summed E-state index contributed by atoms with van der Waals surface area (Å²) >= 11 is 0. The summed E-state index contributed by atoms with van der Waals surface area (Å²) in [5, 5.41) is 9.06. The van der Waals surface area contributed by atoms with E-state index in [0.29, 0.717) is 29.1 Å². The standard InChI is InChI=1S/C34H40N4O4/c1-22-11-13-25(14-12-22)38-31(19-30(36-38)34(4,5)6)35-33(40)32(39)28-15-16-29(27-10-8-7-9-26(27)28)41-18-17-37-20-23(2)42-24(3)21-37/h7-16,19,23-24H,17-18,20-21H2,1-6H3,(H,35,40). The van der Waals surface area contributed by atoms with Crippen LogP contribution in [0, 0.1) is 6.92 Å². The Morgan fingerprint density at radius 3 is 2.31 bits per heavy atom. The Kier molecular flexibility index (Phi) is 8.48. The second kappa shape index (κ2) is 12.1. The van der Waals surface area contributed by atoms with Crippen molar-refractivity contribution in [2.75, 3.05) is 31.6 Å². The van der Waals surface area contributed by atoms with Crippen LogP contribution in [0.25, 0.3) is 16.5 Å². The number of carbonyl (C=O) groups is 2. The van der Waals surface area contributed by atoms with E-state index in [9.17, 15) is 9.59 Å². The van der Waals surface area contributed by atoms with Gasteiger partial charge in [-0.2, -0.15) is 5.10 Å². The van der Waals surface area contributed by atoms with Crippen molar-refractivity contribution in [3.63, 3.8) is 0 Å². The smallest absolute Gasteiger partial charge is 0.297 e. The molecule has 0 spiro atoms. The van der Waals surface area contributed by atoms with Gasteiger partial charge in [-0.3, -0.25) is 14.5 Å². The minimum absolute atomic E-state index is 0.196. The quantitative estimate of drug-likeness (QED) is 0.209. The molecule has 1 fully saturated rings. The lowest BCUT2D eigenvalue weighted by molar-refractivity contribution is -0.112. The van der Waals surface area contributed by atoms with Gasteiger partial charge in [0.1, 0.15) is 18.2 Å². The molecule has 1 saturated heterocycles. The van der Waals surface area contributed by atoms with Crippen molar-refractivity contribution in [2.45, 2.75) is 59.2 Å². The summed E-state index contributed by atoms with van der Waals surface area (Å²) < 4.78 is 13.7. The fourth-order valence-electron chi connectivity index (χ4n) is 5.36. The summed E-state index contributed by atoms with van der Waals surface area (Å²) in [6, 6.07) is 20.7. The lowest BCUT2D eigenvalue weighted by Crippen LogP contribution is -2.46. The molecule has 220 valence electrons. The average Bonchev–Trinajstić information content (AvgIpc) is 3.37. The van der Waals surface area contributed by atoms with Crippen molar-refractivity contribution in [2.24, 2.45) is 0 Å². The molecule has 0 radical (unpaired) electrons. The van der Waals surface area contributed by atoms with E-state index in [1.165, 1.54) is 0 Å². The molecule has 4 aromatic rings. The van der Waals surface area contributed by atoms with Gasteiger partial charge >= 0.3 is 0 Å². The number of Topliss-reactive ketones (excluding diaryl/α,β-unsaturated/α-hetero) is 1. The number of ether oxygens (including phenoxy) is 2. The molecule has 0 aliphatic carbocycles. The topological polar surface area (TPSA) is 85.7 Å². The number of amides is 1. The number of anilines is 1. The van der Waals surface area contributed by atoms with Gasteiger partial charge in [-0.1, -0.05) is 62.7 Å². The van der Waals surface area contributed by atoms with Crippen LogP contribution < -0.4 is 10.1 Å². The number of carbonyl (C=O) groups excluding carboxylic acids is 2. The van der Waals surface area contributed by atoms with Crippen LogP contribution in [-0.2, 0) is 14.9 Å². The second-order valence-electron chi connectivity index (χ2n) is 12.2. The molecule has 2 atom stereocenters. The van der Waals surface area contributed by atoms with Gasteiger partial charge in [-0.15, -0.1) is 0 Å². The van der Waals surface area contributed by atoms with E-state index < -0.39 is 11.7 Å². The first-order chi connectivity index (χ1) is 20.0. The summed E-state index contributed by atoms with van der Waals surface area (Å²) in [4.78, 5) is 29.3. The normalized spacial score (nSPS) is 17.8. The Morgan fingerprint density at radius 2 is 1.64 bits per heavy atom. The van der Waals surface area contributed by atoms with E-state index in [1.807, 2.05) is 61.5 Å². The van der Waals surface area contributed by atoms with Gasteiger partial charge in [-0.05, 0) is 50.4 Å². The van der Waals surface area contributed by atoms with Crippen molar-refractivity contribution in [3.05, 3.63) is 83.6 Å². The Balaban J connectivity index is 1.36.